The predicted octanol–water partition coefficient (Wildman–Crippen LogP) is 3.73. The lowest BCUT2D eigenvalue weighted by atomic mass is 9.85. The minimum absolute atomic E-state index is 0.469. The summed E-state index contributed by atoms with van der Waals surface area (Å²) in [7, 11) is 0. The van der Waals surface area contributed by atoms with E-state index < -0.39 is 5.97 Å². The zero-order chi connectivity index (χ0) is 11.5. The molecular formula is C13H13BrO2. The Morgan fingerprint density at radius 2 is 2.00 bits per heavy atom. The number of hydrogen-bond donors (Lipinski definition) is 1. The molecule has 0 aliphatic heterocycles. The van der Waals surface area contributed by atoms with Crippen LogP contribution in [0.4, 0.5) is 0 Å². The summed E-state index contributed by atoms with van der Waals surface area (Å²) in [5.74, 6) is -0.301. The largest absolute Gasteiger partial charge is 0.478 e. The van der Waals surface area contributed by atoms with Gasteiger partial charge in [0.2, 0.25) is 0 Å². The van der Waals surface area contributed by atoms with Crippen LogP contribution in [-0.2, 0) is 4.79 Å². The van der Waals surface area contributed by atoms with Crippen LogP contribution in [-0.4, -0.2) is 11.1 Å². The second kappa shape index (κ2) is 4.83. The molecule has 0 aromatic heterocycles. The zero-order valence-electron chi connectivity index (χ0n) is 8.82. The average molecular weight is 281 g/mol. The van der Waals surface area contributed by atoms with Gasteiger partial charge in [-0.1, -0.05) is 34.1 Å². The van der Waals surface area contributed by atoms with E-state index in [9.17, 15) is 4.79 Å². The van der Waals surface area contributed by atoms with E-state index in [1.807, 2.05) is 18.2 Å². The first-order chi connectivity index (χ1) is 7.66. The molecule has 0 radical (unpaired) electrons. The molecule has 1 aromatic carbocycles. The summed E-state index contributed by atoms with van der Waals surface area (Å²) in [6.45, 7) is 0. The van der Waals surface area contributed by atoms with Gasteiger partial charge in [-0.05, 0) is 42.9 Å². The zero-order valence-corrected chi connectivity index (χ0v) is 10.4. The Morgan fingerprint density at radius 1 is 1.31 bits per heavy atom. The molecule has 0 fully saturated rings. The summed E-state index contributed by atoms with van der Waals surface area (Å²) in [6.07, 6.45) is 4.30. The van der Waals surface area contributed by atoms with Crippen LogP contribution < -0.4 is 0 Å². The quantitative estimate of drug-likeness (QED) is 0.896. The molecule has 3 heteroatoms. The fourth-order valence-electron chi connectivity index (χ4n) is 2.07. The first-order valence-electron chi connectivity index (χ1n) is 5.34. The number of aliphatic carboxylic acids is 1. The maximum absolute atomic E-state index is 10.8. The Bertz CT molecular complexity index is 420. The van der Waals surface area contributed by atoms with Crippen molar-refractivity contribution >= 4 is 21.9 Å². The summed E-state index contributed by atoms with van der Waals surface area (Å²) >= 11 is 3.41. The molecule has 1 N–H and O–H groups in total. The first-order valence-corrected chi connectivity index (χ1v) is 6.14. The third-order valence-corrected chi connectivity index (χ3v) is 3.56. The monoisotopic (exact) mass is 280 g/mol. The van der Waals surface area contributed by atoms with Gasteiger partial charge >= 0.3 is 5.97 Å². The van der Waals surface area contributed by atoms with Crippen LogP contribution in [0.2, 0.25) is 0 Å². The molecule has 0 amide bonds. The minimum Gasteiger partial charge on any atom is -0.478 e. The predicted molar refractivity (Wildman–Crippen MR) is 66.5 cm³/mol. The molecule has 2 rings (SSSR count). The van der Waals surface area contributed by atoms with Crippen molar-refractivity contribution < 1.29 is 9.90 Å². The van der Waals surface area contributed by atoms with Crippen LogP contribution in [0.3, 0.4) is 0 Å². The first kappa shape index (κ1) is 11.4. The van der Waals surface area contributed by atoms with Gasteiger partial charge < -0.3 is 5.11 Å². The summed E-state index contributed by atoms with van der Waals surface area (Å²) in [4.78, 5) is 10.8. The van der Waals surface area contributed by atoms with Gasteiger partial charge in [0.25, 0.3) is 0 Å². The van der Waals surface area contributed by atoms with Crippen molar-refractivity contribution in [2.45, 2.75) is 25.2 Å². The van der Waals surface area contributed by atoms with Crippen molar-refractivity contribution in [2.75, 3.05) is 0 Å². The minimum atomic E-state index is -0.769. The number of carbonyl (C=O) groups is 1. The third-order valence-electron chi connectivity index (χ3n) is 3.03. The van der Waals surface area contributed by atoms with E-state index in [0.717, 1.165) is 17.3 Å². The van der Waals surface area contributed by atoms with E-state index in [0.29, 0.717) is 17.9 Å². The molecular weight excluding hydrogens is 268 g/mol. The number of allylic oxidation sites excluding steroid dienone is 1. The molecule has 1 aliphatic rings. The number of carboxylic acids is 1. The van der Waals surface area contributed by atoms with Crippen LogP contribution in [0.15, 0.2) is 40.4 Å². The highest BCUT2D eigenvalue weighted by Gasteiger charge is 2.19. The number of benzene rings is 1. The number of carboxylic acid groups (broad SMARTS) is 1. The molecule has 0 bridgehead atoms. The van der Waals surface area contributed by atoms with E-state index in [2.05, 4.69) is 28.1 Å². The number of hydrogen-bond acceptors (Lipinski definition) is 1. The van der Waals surface area contributed by atoms with Gasteiger partial charge in [-0.3, -0.25) is 0 Å². The lowest BCUT2D eigenvalue weighted by Crippen LogP contribution is -2.09. The summed E-state index contributed by atoms with van der Waals surface area (Å²) < 4.78 is 1.08. The van der Waals surface area contributed by atoms with Crippen molar-refractivity contribution in [3.63, 3.8) is 0 Å². The van der Waals surface area contributed by atoms with Crippen LogP contribution in [0, 0.1) is 0 Å². The van der Waals surface area contributed by atoms with Gasteiger partial charge in [-0.25, -0.2) is 4.79 Å². The molecule has 0 spiro atoms. The Labute approximate surface area is 103 Å². The molecule has 1 aromatic rings. The van der Waals surface area contributed by atoms with Gasteiger partial charge in [0.1, 0.15) is 0 Å². The fraction of sp³-hybridized carbons (Fsp3) is 0.308. The van der Waals surface area contributed by atoms with Gasteiger partial charge in [-0.2, -0.15) is 0 Å². The number of halogens is 1. The van der Waals surface area contributed by atoms with Crippen LogP contribution >= 0.6 is 15.9 Å². The van der Waals surface area contributed by atoms with E-state index in [1.165, 1.54) is 5.56 Å². The lowest BCUT2D eigenvalue weighted by Gasteiger charge is -2.20. The second-order valence-corrected chi connectivity index (χ2v) is 4.97. The van der Waals surface area contributed by atoms with Crippen LogP contribution in [0.5, 0.6) is 0 Å². The highest BCUT2D eigenvalue weighted by molar-refractivity contribution is 9.10. The molecule has 0 saturated heterocycles. The summed E-state index contributed by atoms with van der Waals surface area (Å²) in [5.41, 5.74) is 1.86. The van der Waals surface area contributed by atoms with E-state index in [1.54, 1.807) is 0 Å². The van der Waals surface area contributed by atoms with Gasteiger partial charge in [-0.15, -0.1) is 0 Å². The highest BCUT2D eigenvalue weighted by atomic mass is 79.9. The average Bonchev–Trinajstić information content (AvgIpc) is 2.30. The second-order valence-electron chi connectivity index (χ2n) is 4.06. The Balaban J connectivity index is 2.09. The Morgan fingerprint density at radius 3 is 2.50 bits per heavy atom. The number of rotatable bonds is 2. The fourth-order valence-corrected chi connectivity index (χ4v) is 2.33. The SMILES string of the molecule is O=C(O)C1=CCC(c2ccc(Br)cc2)CC1. The Hall–Kier alpha value is -1.09. The lowest BCUT2D eigenvalue weighted by molar-refractivity contribution is -0.132. The Kier molecular flexibility index (Phi) is 3.44. The molecule has 0 saturated carbocycles. The molecule has 1 aliphatic carbocycles. The maximum Gasteiger partial charge on any atom is 0.331 e. The molecule has 0 heterocycles. The highest BCUT2D eigenvalue weighted by Crippen LogP contribution is 2.32. The van der Waals surface area contributed by atoms with E-state index in [-0.39, 0.29) is 0 Å². The van der Waals surface area contributed by atoms with Crippen molar-refractivity contribution in [1.82, 2.24) is 0 Å². The van der Waals surface area contributed by atoms with Crippen molar-refractivity contribution in [1.29, 1.82) is 0 Å². The summed E-state index contributed by atoms with van der Waals surface area (Å²) in [6, 6.07) is 8.28. The standard InChI is InChI=1S/C13H13BrO2/c14-12-7-5-10(6-8-12)9-1-3-11(4-2-9)13(15)16/h3,5-9H,1-2,4H2,(H,15,16). The van der Waals surface area contributed by atoms with Gasteiger partial charge in [0.05, 0.1) is 0 Å². The summed E-state index contributed by atoms with van der Waals surface area (Å²) in [5, 5.41) is 8.86. The van der Waals surface area contributed by atoms with E-state index in [4.69, 9.17) is 5.11 Å². The van der Waals surface area contributed by atoms with Gasteiger partial charge in [0.15, 0.2) is 0 Å². The molecule has 1 unspecified atom stereocenters. The van der Waals surface area contributed by atoms with Crippen molar-refractivity contribution in [2.24, 2.45) is 0 Å². The molecule has 16 heavy (non-hydrogen) atoms. The smallest absolute Gasteiger partial charge is 0.331 e. The van der Waals surface area contributed by atoms with Crippen molar-refractivity contribution in [3.8, 4) is 0 Å². The topological polar surface area (TPSA) is 37.3 Å². The van der Waals surface area contributed by atoms with Gasteiger partial charge in [0, 0.05) is 10.0 Å². The van der Waals surface area contributed by atoms with Crippen molar-refractivity contribution in [3.05, 3.63) is 46.0 Å². The van der Waals surface area contributed by atoms with Crippen LogP contribution in [0.1, 0.15) is 30.7 Å². The molecule has 2 nitrogen and oxygen atoms in total. The molecule has 1 atom stereocenters. The van der Waals surface area contributed by atoms with E-state index >= 15 is 0 Å². The molecule has 84 valence electrons. The third kappa shape index (κ3) is 2.53. The van der Waals surface area contributed by atoms with Crippen LogP contribution in [0.25, 0.3) is 0 Å². The maximum atomic E-state index is 10.8. The normalized spacial score (nSPS) is 20.3.